The van der Waals surface area contributed by atoms with Gasteiger partial charge in [-0.2, -0.15) is 5.10 Å². The summed E-state index contributed by atoms with van der Waals surface area (Å²) in [7, 11) is 3.18. The van der Waals surface area contributed by atoms with Gasteiger partial charge in [-0.05, 0) is 49.3 Å². The zero-order chi connectivity index (χ0) is 28.0. The van der Waals surface area contributed by atoms with E-state index in [1.807, 2.05) is 24.3 Å². The van der Waals surface area contributed by atoms with Crippen molar-refractivity contribution in [1.29, 1.82) is 0 Å². The number of rotatable bonds is 6. The third-order valence-electron chi connectivity index (χ3n) is 9.39. The van der Waals surface area contributed by atoms with E-state index in [4.69, 9.17) is 14.6 Å². The van der Waals surface area contributed by atoms with E-state index in [9.17, 15) is 19.2 Å². The maximum absolute atomic E-state index is 13.5. The third kappa shape index (κ3) is 4.57. The summed E-state index contributed by atoms with van der Waals surface area (Å²) in [4.78, 5) is 55.0. The van der Waals surface area contributed by atoms with Crippen LogP contribution >= 0.6 is 0 Å². The Labute approximate surface area is 233 Å². The quantitative estimate of drug-likeness (QED) is 0.400. The van der Waals surface area contributed by atoms with E-state index in [2.05, 4.69) is 6.08 Å². The van der Waals surface area contributed by atoms with Crippen LogP contribution in [0.25, 0.3) is 0 Å². The van der Waals surface area contributed by atoms with Crippen molar-refractivity contribution in [2.24, 2.45) is 22.4 Å². The molecular formula is C30H36N4O6. The van der Waals surface area contributed by atoms with Crippen LogP contribution in [0, 0.1) is 17.3 Å². The molecule has 2 aliphatic carbocycles. The molecule has 5 aliphatic rings. The maximum atomic E-state index is 13.5. The number of benzene rings is 1. The number of allylic oxidation sites excluding steroid dienone is 2. The summed E-state index contributed by atoms with van der Waals surface area (Å²) in [6.07, 6.45) is 10.1. The highest BCUT2D eigenvalue weighted by Crippen LogP contribution is 2.47. The molecule has 0 aromatic heterocycles. The second kappa shape index (κ2) is 10.4. The molecule has 3 fully saturated rings. The molecule has 10 heteroatoms. The van der Waals surface area contributed by atoms with Crippen LogP contribution in [-0.2, 0) is 19.2 Å². The first-order valence-electron chi connectivity index (χ1n) is 14.2. The van der Waals surface area contributed by atoms with Gasteiger partial charge in [0.25, 0.3) is 0 Å². The molecule has 0 bridgehead atoms. The highest BCUT2D eigenvalue weighted by atomic mass is 16.5. The molecule has 1 saturated carbocycles. The highest BCUT2D eigenvalue weighted by Gasteiger charge is 2.48. The van der Waals surface area contributed by atoms with E-state index < -0.39 is 0 Å². The van der Waals surface area contributed by atoms with Gasteiger partial charge in [0.15, 0.2) is 11.5 Å². The lowest BCUT2D eigenvalue weighted by molar-refractivity contribution is -0.160. The minimum atomic E-state index is -0.271. The van der Waals surface area contributed by atoms with Gasteiger partial charge in [0, 0.05) is 37.4 Å². The molecular weight excluding hydrogens is 512 g/mol. The molecule has 0 unspecified atom stereocenters. The molecule has 4 amide bonds. The number of carbonyl (C=O) groups is 4. The number of fused-ring (bicyclic) bond motifs is 1. The van der Waals surface area contributed by atoms with Crippen molar-refractivity contribution < 1.29 is 28.7 Å². The van der Waals surface area contributed by atoms with E-state index in [0.29, 0.717) is 43.9 Å². The van der Waals surface area contributed by atoms with E-state index >= 15 is 0 Å². The molecule has 1 aromatic carbocycles. The molecule has 10 nitrogen and oxygen atoms in total. The second-order valence-corrected chi connectivity index (χ2v) is 11.8. The minimum Gasteiger partial charge on any atom is -0.493 e. The SMILES string of the molecule is COc1ccc(C2=NN(C3CN(C(=O)CN4C(=O)CC5(CCCC5)CC4=O)C3)C(=O)[C@@H]3CC=CC[C@H]23)cc1OC. The Morgan fingerprint density at radius 3 is 2.25 bits per heavy atom. The molecule has 2 saturated heterocycles. The van der Waals surface area contributed by atoms with Crippen LogP contribution in [-0.4, -0.2) is 84.0 Å². The van der Waals surface area contributed by atoms with Crippen molar-refractivity contribution in [2.75, 3.05) is 33.9 Å². The monoisotopic (exact) mass is 548 g/mol. The van der Waals surface area contributed by atoms with Gasteiger partial charge in [-0.25, -0.2) is 5.01 Å². The van der Waals surface area contributed by atoms with Crippen LogP contribution < -0.4 is 9.47 Å². The topological polar surface area (TPSA) is 109 Å². The summed E-state index contributed by atoms with van der Waals surface area (Å²) in [5.74, 6) is 0.172. The number of hydrogen-bond donors (Lipinski definition) is 0. The van der Waals surface area contributed by atoms with Gasteiger partial charge in [-0.1, -0.05) is 25.0 Å². The number of methoxy groups -OCH3 is 2. The molecule has 3 heterocycles. The average Bonchev–Trinajstić information content (AvgIpc) is 3.37. The number of carbonyl (C=O) groups excluding carboxylic acids is 4. The fourth-order valence-electron chi connectivity index (χ4n) is 7.07. The normalized spacial score (nSPS) is 26.1. The molecule has 3 aliphatic heterocycles. The van der Waals surface area contributed by atoms with Crippen LogP contribution in [0.3, 0.4) is 0 Å². The summed E-state index contributed by atoms with van der Waals surface area (Å²) in [5.41, 5.74) is 1.50. The minimum absolute atomic E-state index is 0.0288. The first kappa shape index (κ1) is 26.5. The largest absolute Gasteiger partial charge is 0.493 e. The molecule has 212 valence electrons. The molecule has 1 aromatic rings. The number of ether oxygens (including phenoxy) is 2. The Morgan fingerprint density at radius 2 is 1.60 bits per heavy atom. The zero-order valence-corrected chi connectivity index (χ0v) is 23.1. The molecule has 40 heavy (non-hydrogen) atoms. The lowest BCUT2D eigenvalue weighted by atomic mass is 9.76. The molecule has 1 spiro atoms. The summed E-state index contributed by atoms with van der Waals surface area (Å²) in [6.45, 7) is 0.408. The van der Waals surface area contributed by atoms with Crippen molar-refractivity contribution in [3.63, 3.8) is 0 Å². The van der Waals surface area contributed by atoms with Gasteiger partial charge in [-0.15, -0.1) is 0 Å². The Hall–Kier alpha value is -3.69. The summed E-state index contributed by atoms with van der Waals surface area (Å²) in [5, 5.41) is 6.41. The standard InChI is InChI=1S/C30H36N4O6/c1-39-23-10-9-19(13-24(23)40-2)28-21-7-3-4-8-22(21)29(38)34(31-28)20-16-32(17-20)27(37)18-33-25(35)14-30(15-26(33)36)11-5-6-12-30/h3-4,9-10,13,20-22H,5-8,11-12,14-18H2,1-2H3/t21-,22+/m0/s1. The number of nitrogens with zero attached hydrogens (tertiary/aromatic N) is 4. The summed E-state index contributed by atoms with van der Waals surface area (Å²) in [6, 6.07) is 5.41. The molecule has 0 N–H and O–H groups in total. The van der Waals surface area contributed by atoms with Crippen LogP contribution in [0.1, 0.15) is 56.9 Å². The molecule has 0 radical (unpaired) electrons. The zero-order valence-electron chi connectivity index (χ0n) is 23.1. The van der Waals surface area contributed by atoms with Crippen LogP contribution in [0.4, 0.5) is 0 Å². The lowest BCUT2D eigenvalue weighted by Gasteiger charge is -2.47. The lowest BCUT2D eigenvalue weighted by Crippen LogP contribution is -2.65. The number of imide groups is 1. The van der Waals surface area contributed by atoms with Gasteiger partial charge in [0.1, 0.15) is 6.54 Å². The fourth-order valence-corrected chi connectivity index (χ4v) is 7.07. The van der Waals surface area contributed by atoms with Crippen molar-refractivity contribution in [3.05, 3.63) is 35.9 Å². The van der Waals surface area contributed by atoms with Crippen molar-refractivity contribution >= 4 is 29.3 Å². The number of hydrazone groups is 1. The average molecular weight is 549 g/mol. The van der Waals surface area contributed by atoms with Gasteiger partial charge >= 0.3 is 0 Å². The Kier molecular flexibility index (Phi) is 6.88. The van der Waals surface area contributed by atoms with Gasteiger partial charge in [-0.3, -0.25) is 24.1 Å². The van der Waals surface area contributed by atoms with Gasteiger partial charge in [0.05, 0.1) is 31.9 Å². The molecule has 6 rings (SSSR count). The maximum Gasteiger partial charge on any atom is 0.247 e. The smallest absolute Gasteiger partial charge is 0.247 e. The van der Waals surface area contributed by atoms with E-state index in [1.165, 1.54) is 0 Å². The highest BCUT2D eigenvalue weighted by molar-refractivity contribution is 6.07. The van der Waals surface area contributed by atoms with Crippen LogP contribution in [0.2, 0.25) is 0 Å². The Morgan fingerprint density at radius 1 is 0.950 bits per heavy atom. The predicted molar refractivity (Wildman–Crippen MR) is 146 cm³/mol. The van der Waals surface area contributed by atoms with Crippen molar-refractivity contribution in [3.8, 4) is 11.5 Å². The first-order chi connectivity index (χ1) is 19.3. The van der Waals surface area contributed by atoms with Crippen molar-refractivity contribution in [1.82, 2.24) is 14.8 Å². The summed E-state index contributed by atoms with van der Waals surface area (Å²) >= 11 is 0. The van der Waals surface area contributed by atoms with E-state index in [-0.39, 0.29) is 53.5 Å². The van der Waals surface area contributed by atoms with Crippen LogP contribution in [0.15, 0.2) is 35.5 Å². The van der Waals surface area contributed by atoms with E-state index in [0.717, 1.165) is 48.3 Å². The number of amides is 4. The Bertz CT molecular complexity index is 1270. The number of hydrogen-bond acceptors (Lipinski definition) is 7. The number of likely N-dealkylation sites (tertiary alicyclic amines) is 2. The fraction of sp³-hybridized carbons (Fsp3) is 0.567. The Balaban J connectivity index is 1.15. The van der Waals surface area contributed by atoms with Crippen LogP contribution in [0.5, 0.6) is 11.5 Å². The summed E-state index contributed by atoms with van der Waals surface area (Å²) < 4.78 is 10.9. The van der Waals surface area contributed by atoms with Gasteiger partial charge in [0.2, 0.25) is 23.6 Å². The predicted octanol–water partition coefficient (Wildman–Crippen LogP) is 2.75. The molecule has 2 atom stereocenters. The third-order valence-corrected chi connectivity index (χ3v) is 9.39. The van der Waals surface area contributed by atoms with Gasteiger partial charge < -0.3 is 14.4 Å². The van der Waals surface area contributed by atoms with Crippen molar-refractivity contribution in [2.45, 2.75) is 57.4 Å². The number of piperidine rings is 1. The first-order valence-corrected chi connectivity index (χ1v) is 14.2. The van der Waals surface area contributed by atoms with E-state index in [1.54, 1.807) is 24.1 Å². The second-order valence-electron chi connectivity index (χ2n) is 11.8.